The van der Waals surface area contributed by atoms with Gasteiger partial charge in [0.05, 0.1) is 6.61 Å². The molecule has 0 radical (unpaired) electrons. The highest BCUT2D eigenvalue weighted by Gasteiger charge is 2.07. The molecule has 20 heavy (non-hydrogen) atoms. The van der Waals surface area contributed by atoms with E-state index in [4.69, 9.17) is 4.74 Å². The molecule has 1 N–H and O–H groups in total. The van der Waals surface area contributed by atoms with Crippen molar-refractivity contribution in [3.63, 3.8) is 0 Å². The molecule has 0 saturated carbocycles. The summed E-state index contributed by atoms with van der Waals surface area (Å²) in [6, 6.07) is 4.35. The number of aromatic nitrogens is 4. The van der Waals surface area contributed by atoms with Crippen LogP contribution in [0.4, 0.5) is 0 Å². The molecule has 0 amide bonds. The van der Waals surface area contributed by atoms with Crippen molar-refractivity contribution in [1.29, 1.82) is 0 Å². The zero-order valence-electron chi connectivity index (χ0n) is 12.0. The topological polar surface area (TPSA) is 64.9 Å². The quantitative estimate of drug-likeness (QED) is 0.793. The predicted molar refractivity (Wildman–Crippen MR) is 76.3 cm³/mol. The summed E-state index contributed by atoms with van der Waals surface area (Å²) in [4.78, 5) is 8.18. The van der Waals surface area contributed by atoms with E-state index in [2.05, 4.69) is 27.3 Å². The van der Waals surface area contributed by atoms with E-state index in [1.54, 1.807) is 18.9 Å². The van der Waals surface area contributed by atoms with Crippen LogP contribution in [0.15, 0.2) is 31.0 Å². The van der Waals surface area contributed by atoms with Gasteiger partial charge in [-0.1, -0.05) is 6.07 Å². The molecule has 0 aliphatic carbocycles. The van der Waals surface area contributed by atoms with E-state index < -0.39 is 0 Å². The minimum atomic E-state index is 0.383. The molecule has 0 bridgehead atoms. The van der Waals surface area contributed by atoms with Crippen LogP contribution in [-0.2, 0) is 13.1 Å². The number of hydrogen-bond acceptors (Lipinski definition) is 5. The maximum absolute atomic E-state index is 5.51. The highest BCUT2D eigenvalue weighted by molar-refractivity contribution is 5.25. The lowest BCUT2D eigenvalue weighted by atomic mass is 10.2. The molecule has 6 heteroatoms. The summed E-state index contributed by atoms with van der Waals surface area (Å²) in [5, 5.41) is 7.57. The lowest BCUT2D eigenvalue weighted by Crippen LogP contribution is -2.27. The third-order valence-electron chi connectivity index (χ3n) is 3.03. The second kappa shape index (κ2) is 7.59. The van der Waals surface area contributed by atoms with Crippen molar-refractivity contribution in [2.75, 3.05) is 6.61 Å². The van der Waals surface area contributed by atoms with Gasteiger partial charge < -0.3 is 10.1 Å². The van der Waals surface area contributed by atoms with Gasteiger partial charge in [-0.3, -0.25) is 4.68 Å². The molecule has 1 unspecified atom stereocenters. The fourth-order valence-corrected chi connectivity index (χ4v) is 1.89. The fraction of sp³-hybridized carbons (Fsp3) is 0.500. The molecule has 2 rings (SSSR count). The maximum atomic E-state index is 5.51. The average molecular weight is 275 g/mol. The second-order valence-corrected chi connectivity index (χ2v) is 4.63. The Kier molecular flexibility index (Phi) is 5.49. The Morgan fingerprint density at radius 2 is 2.35 bits per heavy atom. The predicted octanol–water partition coefficient (Wildman–Crippen LogP) is 1.64. The zero-order chi connectivity index (χ0) is 14.2. The number of hydrogen-bond donors (Lipinski definition) is 1. The molecule has 0 spiro atoms. The Balaban J connectivity index is 1.79. The highest BCUT2D eigenvalue weighted by atomic mass is 16.5. The Morgan fingerprint density at radius 1 is 1.45 bits per heavy atom. The second-order valence-electron chi connectivity index (χ2n) is 4.63. The third kappa shape index (κ3) is 4.31. The molecule has 0 fully saturated rings. The Bertz CT molecular complexity index is 500. The van der Waals surface area contributed by atoms with E-state index in [1.165, 1.54) is 0 Å². The molecule has 0 saturated heterocycles. The lowest BCUT2D eigenvalue weighted by molar-refractivity contribution is 0.320. The van der Waals surface area contributed by atoms with Crippen LogP contribution in [-0.4, -0.2) is 32.4 Å². The monoisotopic (exact) mass is 275 g/mol. The Morgan fingerprint density at radius 3 is 3.10 bits per heavy atom. The van der Waals surface area contributed by atoms with Gasteiger partial charge in [0.15, 0.2) is 0 Å². The lowest BCUT2D eigenvalue weighted by Gasteiger charge is -2.15. The minimum absolute atomic E-state index is 0.383. The normalized spacial score (nSPS) is 12.3. The van der Waals surface area contributed by atoms with Crippen molar-refractivity contribution < 1.29 is 4.74 Å². The summed E-state index contributed by atoms with van der Waals surface area (Å²) in [7, 11) is 0. The summed E-state index contributed by atoms with van der Waals surface area (Å²) >= 11 is 0. The molecule has 2 aromatic rings. The summed E-state index contributed by atoms with van der Waals surface area (Å²) in [5.74, 6) is 0.714. The van der Waals surface area contributed by atoms with Crippen LogP contribution in [0.2, 0.25) is 0 Å². The first-order valence-corrected chi connectivity index (χ1v) is 6.92. The van der Waals surface area contributed by atoms with Gasteiger partial charge in [0, 0.05) is 30.9 Å². The van der Waals surface area contributed by atoms with Crippen LogP contribution in [0.25, 0.3) is 0 Å². The van der Waals surface area contributed by atoms with Crippen molar-refractivity contribution in [3.8, 4) is 5.88 Å². The van der Waals surface area contributed by atoms with E-state index in [9.17, 15) is 0 Å². The largest absolute Gasteiger partial charge is 0.478 e. The fourth-order valence-electron chi connectivity index (χ4n) is 1.89. The average Bonchev–Trinajstić information content (AvgIpc) is 2.98. The first-order valence-electron chi connectivity index (χ1n) is 6.92. The third-order valence-corrected chi connectivity index (χ3v) is 3.03. The van der Waals surface area contributed by atoms with Gasteiger partial charge in [-0.25, -0.2) is 9.97 Å². The molecule has 2 aromatic heterocycles. The van der Waals surface area contributed by atoms with E-state index in [0.29, 0.717) is 18.5 Å². The van der Waals surface area contributed by atoms with Crippen LogP contribution >= 0.6 is 0 Å². The molecule has 1 atom stereocenters. The molecule has 0 aromatic carbocycles. The van der Waals surface area contributed by atoms with Crippen LogP contribution in [0.1, 0.15) is 25.8 Å². The summed E-state index contributed by atoms with van der Waals surface area (Å²) in [6.07, 6.45) is 6.04. The van der Waals surface area contributed by atoms with Crippen LogP contribution in [0, 0.1) is 0 Å². The molecule has 0 aliphatic rings. The van der Waals surface area contributed by atoms with E-state index >= 15 is 0 Å². The minimum Gasteiger partial charge on any atom is -0.478 e. The molecule has 108 valence electrons. The van der Waals surface area contributed by atoms with Crippen molar-refractivity contribution in [3.05, 3.63) is 36.5 Å². The van der Waals surface area contributed by atoms with E-state index in [-0.39, 0.29) is 0 Å². The van der Waals surface area contributed by atoms with Gasteiger partial charge in [0.25, 0.3) is 0 Å². The highest BCUT2D eigenvalue weighted by Crippen LogP contribution is 2.14. The van der Waals surface area contributed by atoms with E-state index in [0.717, 1.165) is 25.1 Å². The molecule has 0 aliphatic heterocycles. The summed E-state index contributed by atoms with van der Waals surface area (Å²) in [5.41, 5.74) is 1.09. The SMILES string of the molecule is CCOc1ncccc1CNC(C)CCn1cncn1. The number of pyridine rings is 1. The van der Waals surface area contributed by atoms with Gasteiger partial charge in [-0.2, -0.15) is 5.10 Å². The van der Waals surface area contributed by atoms with Gasteiger partial charge >= 0.3 is 0 Å². The number of nitrogens with zero attached hydrogens (tertiary/aromatic N) is 4. The van der Waals surface area contributed by atoms with Crippen molar-refractivity contribution in [2.45, 2.75) is 39.4 Å². The summed E-state index contributed by atoms with van der Waals surface area (Å²) in [6.45, 7) is 6.37. The molecule has 2 heterocycles. The molecular formula is C14H21N5O. The molecular weight excluding hydrogens is 254 g/mol. The van der Waals surface area contributed by atoms with E-state index in [1.807, 2.05) is 23.7 Å². The van der Waals surface area contributed by atoms with Crippen LogP contribution in [0.3, 0.4) is 0 Å². The Labute approximate surface area is 119 Å². The molecule has 6 nitrogen and oxygen atoms in total. The van der Waals surface area contributed by atoms with Gasteiger partial charge in [0.2, 0.25) is 5.88 Å². The van der Waals surface area contributed by atoms with Crippen LogP contribution in [0.5, 0.6) is 5.88 Å². The zero-order valence-corrected chi connectivity index (χ0v) is 12.0. The maximum Gasteiger partial charge on any atom is 0.217 e. The summed E-state index contributed by atoms with van der Waals surface area (Å²) < 4.78 is 7.36. The first-order chi connectivity index (χ1) is 9.79. The standard InChI is InChI=1S/C14H21N5O/c1-3-20-14-13(5-4-7-16-14)9-17-12(2)6-8-19-11-15-10-18-19/h4-5,7,10-12,17H,3,6,8-9H2,1-2H3. The number of aryl methyl sites for hydroxylation is 1. The van der Waals surface area contributed by atoms with Crippen LogP contribution < -0.4 is 10.1 Å². The van der Waals surface area contributed by atoms with Crippen molar-refractivity contribution in [2.24, 2.45) is 0 Å². The number of rotatable bonds is 8. The Hall–Kier alpha value is -1.95. The van der Waals surface area contributed by atoms with Gasteiger partial charge in [-0.05, 0) is 26.3 Å². The first kappa shape index (κ1) is 14.5. The van der Waals surface area contributed by atoms with Crippen molar-refractivity contribution in [1.82, 2.24) is 25.1 Å². The number of ether oxygens (including phenoxy) is 1. The van der Waals surface area contributed by atoms with Crippen molar-refractivity contribution >= 4 is 0 Å². The smallest absolute Gasteiger partial charge is 0.217 e. The van der Waals surface area contributed by atoms with Gasteiger partial charge in [-0.15, -0.1) is 0 Å². The number of nitrogens with one attached hydrogen (secondary N) is 1. The van der Waals surface area contributed by atoms with Gasteiger partial charge in [0.1, 0.15) is 12.7 Å².